The maximum atomic E-state index is 5.60. The number of benzene rings is 1. The average Bonchev–Trinajstić information content (AvgIpc) is 2.97. The third-order valence-electron chi connectivity index (χ3n) is 4.89. The molecule has 1 heterocycles. The lowest BCUT2D eigenvalue weighted by atomic mass is 9.86. The molecule has 2 aliphatic carbocycles. The molecule has 4 rings (SSSR count). The van der Waals surface area contributed by atoms with E-state index in [0.717, 1.165) is 12.8 Å². The smallest absolute Gasteiger partial charge is 0.108 e. The zero-order valence-electron chi connectivity index (χ0n) is 12.1. The van der Waals surface area contributed by atoms with Crippen LogP contribution in [0, 0.1) is 0 Å². The van der Waals surface area contributed by atoms with E-state index >= 15 is 0 Å². The van der Waals surface area contributed by atoms with Crippen LogP contribution in [0.25, 0.3) is 0 Å². The molecule has 1 aromatic carbocycles. The molecule has 0 aliphatic heterocycles. The summed E-state index contributed by atoms with van der Waals surface area (Å²) in [6.07, 6.45) is 8.96. The van der Waals surface area contributed by atoms with Gasteiger partial charge in [0.1, 0.15) is 5.76 Å². The Bertz CT molecular complexity index is 648. The number of halogens is 1. The van der Waals surface area contributed by atoms with Gasteiger partial charge in [-0.2, -0.15) is 0 Å². The topological polar surface area (TPSA) is 25.2 Å². The molecular formula is C18H20BrNO. The summed E-state index contributed by atoms with van der Waals surface area (Å²) in [6, 6.07) is 9.94. The van der Waals surface area contributed by atoms with E-state index in [1.807, 2.05) is 6.26 Å². The molecule has 2 nitrogen and oxygen atoms in total. The Hall–Kier alpha value is -1.06. The zero-order chi connectivity index (χ0) is 14.2. The van der Waals surface area contributed by atoms with Gasteiger partial charge in [-0.3, -0.25) is 0 Å². The second kappa shape index (κ2) is 5.62. The largest absolute Gasteiger partial charge is 0.469 e. The first-order valence-corrected chi connectivity index (χ1v) is 8.68. The van der Waals surface area contributed by atoms with Crippen LogP contribution in [0.15, 0.2) is 39.4 Å². The second-order valence-electron chi connectivity index (χ2n) is 6.26. The van der Waals surface area contributed by atoms with Crippen LogP contribution in [0.3, 0.4) is 0 Å². The zero-order valence-corrected chi connectivity index (χ0v) is 13.7. The Balaban J connectivity index is 1.49. The van der Waals surface area contributed by atoms with Gasteiger partial charge in [0, 0.05) is 28.5 Å². The molecule has 3 heteroatoms. The summed E-state index contributed by atoms with van der Waals surface area (Å²) in [5.74, 6) is 1.19. The summed E-state index contributed by atoms with van der Waals surface area (Å²) in [4.78, 5) is 0. The van der Waals surface area contributed by atoms with Crippen LogP contribution in [0.5, 0.6) is 0 Å². The first-order valence-electron chi connectivity index (χ1n) is 7.89. The molecule has 110 valence electrons. The van der Waals surface area contributed by atoms with Gasteiger partial charge in [0.2, 0.25) is 0 Å². The second-order valence-corrected chi connectivity index (χ2v) is 7.18. The van der Waals surface area contributed by atoms with Crippen molar-refractivity contribution in [3.63, 3.8) is 0 Å². The molecule has 2 unspecified atom stereocenters. The van der Waals surface area contributed by atoms with E-state index < -0.39 is 0 Å². The number of fused-ring (bicyclic) bond motifs is 2. The minimum absolute atomic E-state index is 0.481. The van der Waals surface area contributed by atoms with Gasteiger partial charge in [0.15, 0.2) is 0 Å². The minimum Gasteiger partial charge on any atom is -0.469 e. The number of hydrogen-bond donors (Lipinski definition) is 1. The van der Waals surface area contributed by atoms with Crippen LogP contribution in [0.4, 0.5) is 0 Å². The van der Waals surface area contributed by atoms with Crippen molar-refractivity contribution in [1.82, 2.24) is 5.32 Å². The number of hydrogen-bond acceptors (Lipinski definition) is 2. The summed E-state index contributed by atoms with van der Waals surface area (Å²) in [5, 5.41) is 3.88. The lowest BCUT2D eigenvalue weighted by Gasteiger charge is -2.31. The molecule has 0 amide bonds. The van der Waals surface area contributed by atoms with E-state index in [2.05, 4.69) is 45.5 Å². The summed E-state index contributed by atoms with van der Waals surface area (Å²) in [6.45, 7) is 0. The molecule has 0 radical (unpaired) electrons. The fraction of sp³-hybridized carbons (Fsp3) is 0.444. The van der Waals surface area contributed by atoms with E-state index in [1.54, 1.807) is 0 Å². The van der Waals surface area contributed by atoms with Crippen molar-refractivity contribution in [1.29, 1.82) is 0 Å². The van der Waals surface area contributed by atoms with E-state index in [-0.39, 0.29) is 0 Å². The van der Waals surface area contributed by atoms with Crippen LogP contribution < -0.4 is 5.32 Å². The van der Waals surface area contributed by atoms with Crippen molar-refractivity contribution in [2.24, 2.45) is 0 Å². The first kappa shape index (κ1) is 13.6. The van der Waals surface area contributed by atoms with Crippen LogP contribution in [0.1, 0.15) is 47.8 Å². The van der Waals surface area contributed by atoms with Crippen molar-refractivity contribution in [2.75, 3.05) is 0 Å². The van der Waals surface area contributed by atoms with E-state index in [9.17, 15) is 0 Å². The molecule has 0 bridgehead atoms. The average molecular weight is 346 g/mol. The lowest BCUT2D eigenvalue weighted by molar-refractivity contribution is 0.353. The minimum atomic E-state index is 0.481. The summed E-state index contributed by atoms with van der Waals surface area (Å²) in [5.41, 5.74) is 4.41. The van der Waals surface area contributed by atoms with E-state index in [0.29, 0.717) is 12.1 Å². The molecule has 0 spiro atoms. The lowest BCUT2D eigenvalue weighted by Crippen LogP contribution is -2.38. The highest BCUT2D eigenvalue weighted by Crippen LogP contribution is 2.32. The highest BCUT2D eigenvalue weighted by molar-refractivity contribution is 9.10. The summed E-state index contributed by atoms with van der Waals surface area (Å²) >= 11 is 3.57. The molecule has 2 aromatic rings. The number of furan rings is 1. The molecule has 1 aromatic heterocycles. The Morgan fingerprint density at radius 2 is 2.05 bits per heavy atom. The van der Waals surface area contributed by atoms with Crippen LogP contribution in [-0.2, 0) is 19.3 Å². The maximum absolute atomic E-state index is 5.60. The van der Waals surface area contributed by atoms with Crippen LogP contribution in [-0.4, -0.2) is 6.04 Å². The Morgan fingerprint density at radius 1 is 1.10 bits per heavy atom. The predicted molar refractivity (Wildman–Crippen MR) is 87.5 cm³/mol. The number of nitrogens with one attached hydrogen (secondary N) is 1. The Kier molecular flexibility index (Phi) is 3.64. The van der Waals surface area contributed by atoms with Gasteiger partial charge in [-0.1, -0.05) is 22.0 Å². The maximum Gasteiger partial charge on any atom is 0.108 e. The van der Waals surface area contributed by atoms with Gasteiger partial charge in [0.25, 0.3) is 0 Å². The van der Waals surface area contributed by atoms with Crippen molar-refractivity contribution in [2.45, 2.75) is 50.6 Å². The molecular weight excluding hydrogens is 326 g/mol. The molecule has 0 saturated heterocycles. The van der Waals surface area contributed by atoms with Gasteiger partial charge in [0.05, 0.1) is 6.26 Å². The van der Waals surface area contributed by atoms with Gasteiger partial charge < -0.3 is 9.73 Å². The van der Waals surface area contributed by atoms with Gasteiger partial charge in [-0.15, -0.1) is 0 Å². The standard InChI is InChI=1S/C18H20BrNO/c19-14-6-4-13-11-15(7-5-12(13)10-14)20-17-2-1-3-18-16(17)8-9-21-18/h4,6,8-10,15,17,20H,1-3,5,7,11H2. The third-order valence-corrected chi connectivity index (χ3v) is 5.38. The molecule has 0 fully saturated rings. The van der Waals surface area contributed by atoms with Gasteiger partial charge >= 0.3 is 0 Å². The van der Waals surface area contributed by atoms with Crippen LogP contribution >= 0.6 is 15.9 Å². The molecule has 0 saturated carbocycles. The van der Waals surface area contributed by atoms with E-state index in [1.165, 1.54) is 52.6 Å². The highest BCUT2D eigenvalue weighted by Gasteiger charge is 2.26. The fourth-order valence-corrected chi connectivity index (χ4v) is 4.22. The van der Waals surface area contributed by atoms with Crippen molar-refractivity contribution in [3.05, 3.63) is 57.5 Å². The fourth-order valence-electron chi connectivity index (χ4n) is 3.81. The third kappa shape index (κ3) is 2.69. The summed E-state index contributed by atoms with van der Waals surface area (Å²) in [7, 11) is 0. The van der Waals surface area contributed by atoms with Crippen LogP contribution in [0.2, 0.25) is 0 Å². The van der Waals surface area contributed by atoms with Crippen molar-refractivity contribution in [3.8, 4) is 0 Å². The normalized spacial score (nSPS) is 24.4. The SMILES string of the molecule is Brc1ccc2c(c1)CCC(NC1CCCc3occc31)C2. The summed E-state index contributed by atoms with van der Waals surface area (Å²) < 4.78 is 6.80. The predicted octanol–water partition coefficient (Wildman–Crippen LogP) is 4.57. The highest BCUT2D eigenvalue weighted by atomic mass is 79.9. The molecule has 2 atom stereocenters. The van der Waals surface area contributed by atoms with Crippen molar-refractivity contribution >= 4 is 15.9 Å². The monoisotopic (exact) mass is 345 g/mol. The van der Waals surface area contributed by atoms with Gasteiger partial charge in [-0.25, -0.2) is 0 Å². The molecule has 2 aliphatic rings. The van der Waals surface area contributed by atoms with E-state index in [4.69, 9.17) is 4.42 Å². The van der Waals surface area contributed by atoms with Crippen molar-refractivity contribution < 1.29 is 4.42 Å². The number of rotatable bonds is 2. The quantitative estimate of drug-likeness (QED) is 0.862. The number of aryl methyl sites for hydroxylation is 2. The Morgan fingerprint density at radius 3 is 3.00 bits per heavy atom. The first-order chi connectivity index (χ1) is 10.3. The molecule has 1 N–H and O–H groups in total. The van der Waals surface area contributed by atoms with Gasteiger partial charge in [-0.05, 0) is 61.4 Å². The molecule has 21 heavy (non-hydrogen) atoms. The Labute approximate surface area is 134 Å².